The summed E-state index contributed by atoms with van der Waals surface area (Å²) in [6, 6.07) is 12.4. The number of hydrogen-bond donors (Lipinski definition) is 4. The Morgan fingerprint density at radius 3 is 2.15 bits per heavy atom. The van der Waals surface area contributed by atoms with Crippen molar-refractivity contribution in [2.45, 2.75) is 44.4 Å². The van der Waals surface area contributed by atoms with E-state index in [1.165, 1.54) is 0 Å². The molecule has 2 unspecified atom stereocenters. The molecule has 2 atom stereocenters. The maximum absolute atomic E-state index is 13.3. The molecule has 0 saturated carbocycles. The highest BCUT2D eigenvalue weighted by Crippen LogP contribution is 2.41. The summed E-state index contributed by atoms with van der Waals surface area (Å²) in [6.45, 7) is 2.34. The fraction of sp³-hybridized carbons (Fsp3) is 0.300. The molecular formula is C30H28N6O3. The van der Waals surface area contributed by atoms with Crippen molar-refractivity contribution in [3.05, 3.63) is 76.4 Å². The average Bonchev–Trinajstić information content (AvgIpc) is 3.78. The molecule has 2 aromatic carbocycles. The van der Waals surface area contributed by atoms with Crippen LogP contribution in [0.15, 0.2) is 58.0 Å². The van der Waals surface area contributed by atoms with Crippen molar-refractivity contribution in [1.29, 1.82) is 0 Å². The minimum atomic E-state index is -0.358. The van der Waals surface area contributed by atoms with Gasteiger partial charge in [0.25, 0.3) is 0 Å². The number of ether oxygens (including phenoxy) is 1. The first kappa shape index (κ1) is 22.7. The number of hydrogen-bond acceptors (Lipinski definition) is 7. The van der Waals surface area contributed by atoms with Gasteiger partial charge in [-0.15, -0.1) is 0 Å². The van der Waals surface area contributed by atoms with E-state index in [0.29, 0.717) is 23.5 Å². The van der Waals surface area contributed by atoms with Gasteiger partial charge in [-0.05, 0) is 57.0 Å². The molecule has 6 heterocycles. The monoisotopic (exact) mass is 520 g/mol. The number of H-pyrrole nitrogens is 2. The van der Waals surface area contributed by atoms with Gasteiger partial charge < -0.3 is 29.8 Å². The Kier molecular flexibility index (Phi) is 5.21. The SMILES string of the molecule is O=c1oc2cc(-c3cnc(C4CCCN4)[nH]3)ccc2c2c1-c1ccc(-c3cnc(C4CCCN4)[nH]3)cc1OC2. The fourth-order valence-electron chi connectivity index (χ4n) is 6.18. The number of aromatic amines is 2. The first-order valence-corrected chi connectivity index (χ1v) is 13.7. The van der Waals surface area contributed by atoms with Crippen molar-refractivity contribution in [3.8, 4) is 39.4 Å². The van der Waals surface area contributed by atoms with E-state index in [2.05, 4.69) is 30.6 Å². The Balaban J connectivity index is 1.13. The largest absolute Gasteiger partial charge is 0.488 e. The molecule has 3 aromatic heterocycles. The molecule has 0 aliphatic carbocycles. The van der Waals surface area contributed by atoms with Gasteiger partial charge in [-0.2, -0.15) is 0 Å². The molecule has 2 fully saturated rings. The van der Waals surface area contributed by atoms with Crippen molar-refractivity contribution < 1.29 is 9.15 Å². The second-order valence-electron chi connectivity index (χ2n) is 10.6. The highest BCUT2D eigenvalue weighted by molar-refractivity contribution is 5.91. The molecule has 8 rings (SSSR count). The van der Waals surface area contributed by atoms with Crippen molar-refractivity contribution >= 4 is 11.0 Å². The molecule has 0 amide bonds. The molecule has 0 radical (unpaired) electrons. The second-order valence-corrected chi connectivity index (χ2v) is 10.6. The molecular weight excluding hydrogens is 492 g/mol. The maximum atomic E-state index is 13.3. The summed E-state index contributed by atoms with van der Waals surface area (Å²) in [6.07, 6.45) is 8.19. The van der Waals surface area contributed by atoms with E-state index in [1.54, 1.807) is 0 Å². The third-order valence-corrected chi connectivity index (χ3v) is 8.23. The molecule has 3 aliphatic heterocycles. The normalized spacial score (nSPS) is 20.2. The van der Waals surface area contributed by atoms with Gasteiger partial charge in [-0.3, -0.25) is 0 Å². The van der Waals surface area contributed by atoms with Crippen LogP contribution >= 0.6 is 0 Å². The van der Waals surface area contributed by atoms with E-state index in [9.17, 15) is 4.79 Å². The number of fused-ring (bicyclic) bond motifs is 5. The second kappa shape index (κ2) is 8.93. The van der Waals surface area contributed by atoms with Crippen LogP contribution in [0.1, 0.15) is 55.0 Å². The topological polar surface area (TPSA) is 121 Å². The zero-order chi connectivity index (χ0) is 25.9. The van der Waals surface area contributed by atoms with Crippen LogP contribution < -0.4 is 21.0 Å². The van der Waals surface area contributed by atoms with Crippen molar-refractivity contribution in [2.75, 3.05) is 13.1 Å². The van der Waals surface area contributed by atoms with Gasteiger partial charge in [0.1, 0.15) is 29.6 Å². The first-order chi connectivity index (χ1) is 19.2. The predicted octanol–water partition coefficient (Wildman–Crippen LogP) is 4.98. The zero-order valence-electron chi connectivity index (χ0n) is 21.3. The summed E-state index contributed by atoms with van der Waals surface area (Å²) in [7, 11) is 0. The molecule has 39 heavy (non-hydrogen) atoms. The molecule has 196 valence electrons. The third-order valence-electron chi connectivity index (χ3n) is 8.23. The maximum Gasteiger partial charge on any atom is 0.344 e. The van der Waals surface area contributed by atoms with Gasteiger partial charge in [-0.25, -0.2) is 14.8 Å². The lowest BCUT2D eigenvalue weighted by Crippen LogP contribution is -2.15. The Hall–Kier alpha value is -4.21. The highest BCUT2D eigenvalue weighted by atomic mass is 16.5. The highest BCUT2D eigenvalue weighted by Gasteiger charge is 2.26. The minimum Gasteiger partial charge on any atom is -0.488 e. The summed E-state index contributed by atoms with van der Waals surface area (Å²) in [4.78, 5) is 29.3. The Morgan fingerprint density at radius 1 is 0.821 bits per heavy atom. The summed E-state index contributed by atoms with van der Waals surface area (Å²) in [5.74, 6) is 2.57. The molecule has 0 spiro atoms. The molecule has 2 saturated heterocycles. The minimum absolute atomic E-state index is 0.265. The van der Waals surface area contributed by atoms with E-state index >= 15 is 0 Å². The molecule has 4 N–H and O–H groups in total. The Bertz CT molecular complexity index is 1770. The van der Waals surface area contributed by atoms with Crippen molar-refractivity contribution in [1.82, 2.24) is 30.6 Å². The Morgan fingerprint density at radius 2 is 1.49 bits per heavy atom. The zero-order valence-corrected chi connectivity index (χ0v) is 21.3. The van der Waals surface area contributed by atoms with Gasteiger partial charge in [0.2, 0.25) is 0 Å². The average molecular weight is 521 g/mol. The van der Waals surface area contributed by atoms with Gasteiger partial charge in [0.15, 0.2) is 0 Å². The number of imidazole rings is 2. The van der Waals surface area contributed by atoms with Gasteiger partial charge in [0.05, 0.1) is 41.4 Å². The lowest BCUT2D eigenvalue weighted by Gasteiger charge is -2.21. The summed E-state index contributed by atoms with van der Waals surface area (Å²) in [5, 5.41) is 7.82. The van der Waals surface area contributed by atoms with Crippen LogP contribution in [-0.4, -0.2) is 33.0 Å². The number of aromatic nitrogens is 4. The van der Waals surface area contributed by atoms with Gasteiger partial charge in [0, 0.05) is 27.6 Å². The molecule has 9 nitrogen and oxygen atoms in total. The van der Waals surface area contributed by atoms with E-state index in [1.807, 2.05) is 48.8 Å². The first-order valence-electron chi connectivity index (χ1n) is 13.7. The fourth-order valence-corrected chi connectivity index (χ4v) is 6.18. The molecule has 5 aromatic rings. The van der Waals surface area contributed by atoms with Gasteiger partial charge >= 0.3 is 5.63 Å². The number of rotatable bonds is 4. The molecule has 3 aliphatic rings. The molecule has 0 bridgehead atoms. The molecule has 9 heteroatoms. The number of benzene rings is 2. The summed E-state index contributed by atoms with van der Waals surface area (Å²) in [5.41, 5.74) is 6.08. The number of nitrogens with one attached hydrogen (secondary N) is 4. The van der Waals surface area contributed by atoms with Crippen LogP contribution in [0.4, 0.5) is 0 Å². The van der Waals surface area contributed by atoms with Crippen LogP contribution in [0.3, 0.4) is 0 Å². The van der Waals surface area contributed by atoms with E-state index < -0.39 is 0 Å². The summed E-state index contributed by atoms with van der Waals surface area (Å²) >= 11 is 0. The van der Waals surface area contributed by atoms with Crippen LogP contribution in [0.5, 0.6) is 5.75 Å². The standard InChI is InChI=1S/C30H28N6O3/c37-30-27-19-8-6-16(23-13-33-28(35-23)21-3-1-9-31-21)11-25(19)38-15-20(27)18-7-5-17(12-26(18)39-30)24-14-34-29(36-24)22-4-2-10-32-22/h5-8,11-14,21-22,31-32H,1-4,9-10,15H2,(H,33,35)(H,34,36). The predicted molar refractivity (Wildman–Crippen MR) is 147 cm³/mol. The number of nitrogens with zero attached hydrogens (tertiary/aromatic N) is 2. The quantitative estimate of drug-likeness (QED) is 0.247. The van der Waals surface area contributed by atoms with Crippen molar-refractivity contribution in [2.24, 2.45) is 0 Å². The van der Waals surface area contributed by atoms with Crippen LogP contribution in [0.25, 0.3) is 44.6 Å². The van der Waals surface area contributed by atoms with Gasteiger partial charge in [-0.1, -0.05) is 18.2 Å². The van der Waals surface area contributed by atoms with E-state index in [-0.39, 0.29) is 17.7 Å². The van der Waals surface area contributed by atoms with E-state index in [4.69, 9.17) is 9.15 Å². The smallest absolute Gasteiger partial charge is 0.344 e. The van der Waals surface area contributed by atoms with Crippen LogP contribution in [0, 0.1) is 0 Å². The lowest BCUT2D eigenvalue weighted by molar-refractivity contribution is 0.302. The van der Waals surface area contributed by atoms with Crippen LogP contribution in [-0.2, 0) is 6.61 Å². The lowest BCUT2D eigenvalue weighted by atomic mass is 9.94. The van der Waals surface area contributed by atoms with Crippen LogP contribution in [0.2, 0.25) is 0 Å². The summed E-state index contributed by atoms with van der Waals surface area (Å²) < 4.78 is 12.1. The van der Waals surface area contributed by atoms with Crippen molar-refractivity contribution in [3.63, 3.8) is 0 Å². The third kappa shape index (κ3) is 3.80. The van der Waals surface area contributed by atoms with E-state index in [0.717, 1.165) is 89.4 Å². The Labute approximate surface area is 224 Å².